The van der Waals surface area contributed by atoms with Gasteiger partial charge in [-0.05, 0) is 55.9 Å². The zero-order valence-electron chi connectivity index (χ0n) is 17.8. The van der Waals surface area contributed by atoms with Gasteiger partial charge in [0.15, 0.2) is 0 Å². The van der Waals surface area contributed by atoms with Gasteiger partial charge >= 0.3 is 12.1 Å². The molecule has 0 bridgehead atoms. The summed E-state index contributed by atoms with van der Waals surface area (Å²) in [5.74, 6) is 0.430. The van der Waals surface area contributed by atoms with E-state index in [1.165, 1.54) is 0 Å². The Morgan fingerprint density at radius 1 is 0.833 bits per heavy atom. The summed E-state index contributed by atoms with van der Waals surface area (Å²) in [6.07, 6.45) is 3.41. The molecule has 0 heterocycles. The van der Waals surface area contributed by atoms with Crippen molar-refractivity contribution in [2.75, 3.05) is 11.4 Å². The van der Waals surface area contributed by atoms with Gasteiger partial charge in [-0.15, -0.1) is 0 Å². The molecule has 2 aromatic rings. The molecule has 1 fully saturated rings. The minimum Gasteiger partial charge on any atom is -0.338 e. The van der Waals surface area contributed by atoms with E-state index >= 15 is 0 Å². The van der Waals surface area contributed by atoms with Crippen LogP contribution in [0, 0.1) is 5.92 Å². The maximum atomic E-state index is 13.2. The first-order chi connectivity index (χ1) is 14.5. The predicted molar refractivity (Wildman–Crippen MR) is 121 cm³/mol. The van der Waals surface area contributed by atoms with E-state index in [1.807, 2.05) is 60.7 Å². The Kier molecular flexibility index (Phi) is 7.71. The molecule has 0 aliphatic heterocycles. The molecule has 2 aromatic carbocycles. The van der Waals surface area contributed by atoms with Crippen molar-refractivity contribution in [3.8, 4) is 0 Å². The SMILES string of the molecule is CC(C)CNC(=O)NC1CCC(NC(=O)N(c2ccccc2)c2ccccc2)CC1. The molecule has 0 aromatic heterocycles. The van der Waals surface area contributed by atoms with Crippen LogP contribution in [0.5, 0.6) is 0 Å². The average Bonchev–Trinajstić information content (AvgIpc) is 2.75. The zero-order chi connectivity index (χ0) is 21.3. The van der Waals surface area contributed by atoms with Crippen molar-refractivity contribution >= 4 is 23.4 Å². The zero-order valence-corrected chi connectivity index (χ0v) is 17.8. The van der Waals surface area contributed by atoms with E-state index in [-0.39, 0.29) is 24.1 Å². The lowest BCUT2D eigenvalue weighted by atomic mass is 9.91. The monoisotopic (exact) mass is 408 g/mol. The largest absolute Gasteiger partial charge is 0.338 e. The maximum Gasteiger partial charge on any atom is 0.326 e. The van der Waals surface area contributed by atoms with E-state index < -0.39 is 0 Å². The number of carbonyl (C=O) groups is 2. The third-order valence-electron chi connectivity index (χ3n) is 5.29. The quantitative estimate of drug-likeness (QED) is 0.642. The number of hydrogen-bond donors (Lipinski definition) is 3. The molecule has 1 aliphatic rings. The van der Waals surface area contributed by atoms with E-state index in [0.717, 1.165) is 37.1 Å². The van der Waals surface area contributed by atoms with E-state index in [0.29, 0.717) is 12.5 Å². The molecule has 0 saturated heterocycles. The lowest BCUT2D eigenvalue weighted by Crippen LogP contribution is -2.49. The van der Waals surface area contributed by atoms with Crippen LogP contribution in [0.4, 0.5) is 21.0 Å². The molecule has 1 aliphatic carbocycles. The van der Waals surface area contributed by atoms with Crippen LogP contribution < -0.4 is 20.9 Å². The highest BCUT2D eigenvalue weighted by molar-refractivity contribution is 5.99. The fraction of sp³-hybridized carbons (Fsp3) is 0.417. The molecular weight excluding hydrogens is 376 g/mol. The minimum absolute atomic E-state index is 0.101. The third-order valence-corrected chi connectivity index (χ3v) is 5.29. The Labute approximate surface area is 179 Å². The van der Waals surface area contributed by atoms with Gasteiger partial charge in [0.25, 0.3) is 0 Å². The van der Waals surface area contributed by atoms with Crippen molar-refractivity contribution in [2.45, 2.75) is 51.6 Å². The van der Waals surface area contributed by atoms with E-state index in [9.17, 15) is 9.59 Å². The van der Waals surface area contributed by atoms with Crippen LogP contribution in [-0.4, -0.2) is 30.7 Å². The first kappa shape index (κ1) is 21.7. The maximum absolute atomic E-state index is 13.2. The summed E-state index contributed by atoms with van der Waals surface area (Å²) in [4.78, 5) is 26.8. The standard InChI is InChI=1S/C24H32N4O2/c1-18(2)17-25-23(29)26-19-13-15-20(16-14-19)27-24(30)28(21-9-5-3-6-10-21)22-11-7-4-8-12-22/h3-12,18-20H,13-17H2,1-2H3,(H,27,30)(H2,25,26,29). The van der Waals surface area contributed by atoms with Crippen molar-refractivity contribution in [3.05, 3.63) is 60.7 Å². The van der Waals surface area contributed by atoms with Crippen LogP contribution in [0.3, 0.4) is 0 Å². The molecule has 0 radical (unpaired) electrons. The summed E-state index contributed by atoms with van der Waals surface area (Å²) in [5.41, 5.74) is 1.66. The number of carbonyl (C=O) groups excluding carboxylic acids is 2. The fourth-order valence-electron chi connectivity index (χ4n) is 3.69. The summed E-state index contributed by atoms with van der Waals surface area (Å²) in [5, 5.41) is 9.14. The molecule has 0 atom stereocenters. The number of anilines is 2. The summed E-state index contributed by atoms with van der Waals surface area (Å²) < 4.78 is 0. The van der Waals surface area contributed by atoms with Gasteiger partial charge in [-0.1, -0.05) is 50.2 Å². The van der Waals surface area contributed by atoms with Crippen molar-refractivity contribution in [1.82, 2.24) is 16.0 Å². The second-order valence-electron chi connectivity index (χ2n) is 8.25. The predicted octanol–water partition coefficient (Wildman–Crippen LogP) is 4.80. The summed E-state index contributed by atoms with van der Waals surface area (Å²) in [7, 11) is 0. The molecule has 0 unspecified atom stereocenters. The second-order valence-corrected chi connectivity index (χ2v) is 8.25. The van der Waals surface area contributed by atoms with Crippen molar-refractivity contribution < 1.29 is 9.59 Å². The summed E-state index contributed by atoms with van der Waals surface area (Å²) in [6.45, 7) is 4.82. The van der Waals surface area contributed by atoms with Gasteiger partial charge in [-0.25, -0.2) is 9.59 Å². The highest BCUT2D eigenvalue weighted by atomic mass is 16.2. The lowest BCUT2D eigenvalue weighted by Gasteiger charge is -2.32. The Morgan fingerprint density at radius 3 is 1.77 bits per heavy atom. The molecule has 0 spiro atoms. The summed E-state index contributed by atoms with van der Waals surface area (Å²) in [6, 6.07) is 19.4. The number of rotatable bonds is 6. The number of para-hydroxylation sites is 2. The molecular formula is C24H32N4O2. The lowest BCUT2D eigenvalue weighted by molar-refractivity contribution is 0.224. The van der Waals surface area contributed by atoms with E-state index in [2.05, 4.69) is 29.8 Å². The van der Waals surface area contributed by atoms with E-state index in [1.54, 1.807) is 4.90 Å². The molecule has 160 valence electrons. The van der Waals surface area contributed by atoms with Crippen LogP contribution in [-0.2, 0) is 0 Å². The van der Waals surface area contributed by atoms with Crippen LogP contribution in [0.2, 0.25) is 0 Å². The van der Waals surface area contributed by atoms with Crippen LogP contribution in [0.1, 0.15) is 39.5 Å². The molecule has 1 saturated carbocycles. The molecule has 3 rings (SSSR count). The minimum atomic E-state index is -0.126. The first-order valence-electron chi connectivity index (χ1n) is 10.8. The second kappa shape index (κ2) is 10.7. The first-order valence-corrected chi connectivity index (χ1v) is 10.8. The average molecular weight is 409 g/mol. The van der Waals surface area contributed by atoms with E-state index in [4.69, 9.17) is 0 Å². The van der Waals surface area contributed by atoms with Gasteiger partial charge in [-0.3, -0.25) is 4.90 Å². The molecule has 3 N–H and O–H groups in total. The number of nitrogens with zero attached hydrogens (tertiary/aromatic N) is 1. The number of amides is 4. The Balaban J connectivity index is 1.55. The van der Waals surface area contributed by atoms with Crippen molar-refractivity contribution in [3.63, 3.8) is 0 Å². The number of hydrogen-bond acceptors (Lipinski definition) is 2. The Morgan fingerprint density at radius 2 is 1.30 bits per heavy atom. The molecule has 6 heteroatoms. The van der Waals surface area contributed by atoms with Gasteiger partial charge in [0.2, 0.25) is 0 Å². The number of nitrogens with one attached hydrogen (secondary N) is 3. The van der Waals surface area contributed by atoms with Crippen LogP contribution >= 0.6 is 0 Å². The van der Waals surface area contributed by atoms with Gasteiger partial charge in [0, 0.05) is 18.6 Å². The van der Waals surface area contributed by atoms with Crippen LogP contribution in [0.25, 0.3) is 0 Å². The van der Waals surface area contributed by atoms with Crippen molar-refractivity contribution in [2.24, 2.45) is 5.92 Å². The third kappa shape index (κ3) is 6.24. The van der Waals surface area contributed by atoms with Gasteiger partial charge in [0.1, 0.15) is 0 Å². The number of benzene rings is 2. The highest BCUT2D eigenvalue weighted by Crippen LogP contribution is 2.26. The summed E-state index contributed by atoms with van der Waals surface area (Å²) >= 11 is 0. The highest BCUT2D eigenvalue weighted by Gasteiger charge is 2.26. The van der Waals surface area contributed by atoms with Gasteiger partial charge < -0.3 is 16.0 Å². The van der Waals surface area contributed by atoms with Crippen molar-refractivity contribution in [1.29, 1.82) is 0 Å². The van der Waals surface area contributed by atoms with Gasteiger partial charge in [-0.2, -0.15) is 0 Å². The fourth-order valence-corrected chi connectivity index (χ4v) is 3.69. The van der Waals surface area contributed by atoms with Gasteiger partial charge in [0.05, 0.1) is 11.4 Å². The normalized spacial score (nSPS) is 18.5. The Hall–Kier alpha value is -3.02. The van der Waals surface area contributed by atoms with Crippen LogP contribution in [0.15, 0.2) is 60.7 Å². The molecule has 6 nitrogen and oxygen atoms in total. The number of urea groups is 2. The molecule has 4 amide bonds. The smallest absolute Gasteiger partial charge is 0.326 e. The Bertz CT molecular complexity index is 763. The topological polar surface area (TPSA) is 73.5 Å². The molecule has 30 heavy (non-hydrogen) atoms.